The molecule has 0 saturated heterocycles. The van der Waals surface area contributed by atoms with Crippen molar-refractivity contribution in [2.75, 3.05) is 0 Å². The predicted octanol–water partition coefficient (Wildman–Crippen LogP) is 2.10. The predicted molar refractivity (Wildman–Crippen MR) is 58.8 cm³/mol. The Hall–Kier alpha value is -1.38. The van der Waals surface area contributed by atoms with Crippen LogP contribution in [0.2, 0.25) is 0 Å². The molecule has 0 radical (unpaired) electrons. The second-order valence-electron chi connectivity index (χ2n) is 4.35. The molecule has 3 nitrogen and oxygen atoms in total. The highest BCUT2D eigenvalue weighted by Crippen LogP contribution is 2.19. The fourth-order valence-corrected chi connectivity index (χ4v) is 1.39. The van der Waals surface area contributed by atoms with Crippen LogP contribution in [0.1, 0.15) is 48.8 Å². The Morgan fingerprint density at radius 3 is 2.80 bits per heavy atom. The quantitative estimate of drug-likeness (QED) is 0.819. The maximum Gasteiger partial charge on any atom is 0.270 e. The lowest BCUT2D eigenvalue weighted by Gasteiger charge is -2.07. The van der Waals surface area contributed by atoms with Gasteiger partial charge in [-0.05, 0) is 30.9 Å². The van der Waals surface area contributed by atoms with Gasteiger partial charge in [0.2, 0.25) is 0 Å². The molecule has 1 heterocycles. The first-order valence-corrected chi connectivity index (χ1v) is 5.44. The van der Waals surface area contributed by atoms with E-state index in [2.05, 4.69) is 24.1 Å². The number of rotatable bonds is 3. The van der Waals surface area contributed by atoms with Crippen LogP contribution in [-0.2, 0) is 0 Å². The van der Waals surface area contributed by atoms with E-state index in [0.717, 1.165) is 18.5 Å². The standard InChI is InChI=1S/C12H16N2O/c1-8(2)10-4-3-5-11(14-10)12(15)13-9-6-7-9/h3-5,8-9H,6-7H2,1-2H3,(H,13,15). The van der Waals surface area contributed by atoms with Crippen LogP contribution in [0, 0.1) is 0 Å². The van der Waals surface area contributed by atoms with Gasteiger partial charge < -0.3 is 5.32 Å². The second kappa shape index (κ2) is 4.01. The van der Waals surface area contributed by atoms with E-state index in [9.17, 15) is 4.79 Å². The van der Waals surface area contributed by atoms with Crippen LogP contribution >= 0.6 is 0 Å². The lowest BCUT2D eigenvalue weighted by Crippen LogP contribution is -2.26. The molecular formula is C12H16N2O. The maximum atomic E-state index is 11.7. The molecule has 0 bridgehead atoms. The van der Waals surface area contributed by atoms with Crippen LogP contribution in [0.15, 0.2) is 18.2 Å². The van der Waals surface area contributed by atoms with Crippen molar-refractivity contribution in [3.63, 3.8) is 0 Å². The fourth-order valence-electron chi connectivity index (χ4n) is 1.39. The van der Waals surface area contributed by atoms with E-state index in [-0.39, 0.29) is 5.91 Å². The fraction of sp³-hybridized carbons (Fsp3) is 0.500. The number of hydrogen-bond donors (Lipinski definition) is 1. The minimum atomic E-state index is -0.0417. The molecule has 0 atom stereocenters. The monoisotopic (exact) mass is 204 g/mol. The number of aromatic nitrogens is 1. The van der Waals surface area contributed by atoms with Crippen molar-refractivity contribution in [2.45, 2.75) is 38.6 Å². The number of carbonyl (C=O) groups excluding carboxylic acids is 1. The summed E-state index contributed by atoms with van der Waals surface area (Å²) in [6, 6.07) is 6.01. The molecule has 1 aromatic rings. The molecule has 1 amide bonds. The minimum absolute atomic E-state index is 0.0417. The van der Waals surface area contributed by atoms with Crippen molar-refractivity contribution in [3.8, 4) is 0 Å². The van der Waals surface area contributed by atoms with Gasteiger partial charge in [-0.25, -0.2) is 4.98 Å². The summed E-state index contributed by atoms with van der Waals surface area (Å²) in [6.45, 7) is 4.15. The van der Waals surface area contributed by atoms with Crippen LogP contribution in [0.25, 0.3) is 0 Å². The Morgan fingerprint density at radius 2 is 2.20 bits per heavy atom. The van der Waals surface area contributed by atoms with Crippen molar-refractivity contribution < 1.29 is 4.79 Å². The Morgan fingerprint density at radius 1 is 1.47 bits per heavy atom. The molecule has 0 unspecified atom stereocenters. The average Bonchev–Trinajstić information content (AvgIpc) is 3.02. The third-order valence-electron chi connectivity index (χ3n) is 2.51. The molecule has 1 aromatic heterocycles. The van der Waals surface area contributed by atoms with E-state index in [1.807, 2.05) is 12.1 Å². The highest BCUT2D eigenvalue weighted by molar-refractivity contribution is 5.92. The summed E-state index contributed by atoms with van der Waals surface area (Å²) in [7, 11) is 0. The smallest absolute Gasteiger partial charge is 0.270 e. The second-order valence-corrected chi connectivity index (χ2v) is 4.35. The third kappa shape index (κ3) is 2.55. The molecule has 0 aromatic carbocycles. The summed E-state index contributed by atoms with van der Waals surface area (Å²) < 4.78 is 0. The summed E-state index contributed by atoms with van der Waals surface area (Å²) in [5, 5.41) is 2.93. The molecule has 1 N–H and O–H groups in total. The molecule has 15 heavy (non-hydrogen) atoms. The minimum Gasteiger partial charge on any atom is -0.348 e. The molecule has 1 fully saturated rings. The van der Waals surface area contributed by atoms with Crippen molar-refractivity contribution in [1.82, 2.24) is 10.3 Å². The maximum absolute atomic E-state index is 11.7. The van der Waals surface area contributed by atoms with E-state index in [1.165, 1.54) is 0 Å². The summed E-state index contributed by atoms with van der Waals surface area (Å²) in [5.74, 6) is 0.318. The molecule has 2 rings (SSSR count). The Labute approximate surface area is 89.9 Å². The van der Waals surface area contributed by atoms with Gasteiger partial charge in [-0.1, -0.05) is 19.9 Å². The lowest BCUT2D eigenvalue weighted by atomic mass is 10.1. The van der Waals surface area contributed by atoms with Gasteiger partial charge in [0.15, 0.2) is 0 Å². The first-order valence-electron chi connectivity index (χ1n) is 5.44. The van der Waals surface area contributed by atoms with E-state index in [4.69, 9.17) is 0 Å². The average molecular weight is 204 g/mol. The van der Waals surface area contributed by atoms with Crippen molar-refractivity contribution in [2.24, 2.45) is 0 Å². The topological polar surface area (TPSA) is 42.0 Å². The molecule has 0 aliphatic heterocycles. The van der Waals surface area contributed by atoms with Crippen molar-refractivity contribution in [1.29, 1.82) is 0 Å². The number of nitrogens with zero attached hydrogens (tertiary/aromatic N) is 1. The van der Waals surface area contributed by atoms with E-state index in [1.54, 1.807) is 6.07 Å². The van der Waals surface area contributed by atoms with Gasteiger partial charge in [0, 0.05) is 11.7 Å². The van der Waals surface area contributed by atoms with Crippen LogP contribution in [0.5, 0.6) is 0 Å². The first kappa shape index (κ1) is 10.1. The number of pyridine rings is 1. The first-order chi connectivity index (χ1) is 7.16. The van der Waals surface area contributed by atoms with E-state index >= 15 is 0 Å². The zero-order chi connectivity index (χ0) is 10.8. The third-order valence-corrected chi connectivity index (χ3v) is 2.51. The van der Waals surface area contributed by atoms with Gasteiger partial charge in [0.25, 0.3) is 5.91 Å². The van der Waals surface area contributed by atoms with Gasteiger partial charge in [0.05, 0.1) is 0 Å². The largest absolute Gasteiger partial charge is 0.348 e. The highest BCUT2D eigenvalue weighted by atomic mass is 16.2. The molecule has 0 spiro atoms. The van der Waals surface area contributed by atoms with E-state index < -0.39 is 0 Å². The number of hydrogen-bond acceptors (Lipinski definition) is 2. The normalized spacial score (nSPS) is 15.4. The molecule has 3 heteroatoms. The lowest BCUT2D eigenvalue weighted by molar-refractivity contribution is 0.0946. The number of amides is 1. The molecular weight excluding hydrogens is 188 g/mol. The van der Waals surface area contributed by atoms with Gasteiger partial charge in [0.1, 0.15) is 5.69 Å². The number of nitrogens with one attached hydrogen (secondary N) is 1. The van der Waals surface area contributed by atoms with Crippen molar-refractivity contribution >= 4 is 5.91 Å². The Balaban J connectivity index is 2.12. The molecule has 1 aliphatic rings. The van der Waals surface area contributed by atoms with Gasteiger partial charge >= 0.3 is 0 Å². The van der Waals surface area contributed by atoms with Gasteiger partial charge in [-0.15, -0.1) is 0 Å². The summed E-state index contributed by atoms with van der Waals surface area (Å²) in [6.07, 6.45) is 2.21. The molecule has 1 saturated carbocycles. The van der Waals surface area contributed by atoms with Crippen LogP contribution in [0.3, 0.4) is 0 Å². The van der Waals surface area contributed by atoms with Crippen LogP contribution in [0.4, 0.5) is 0 Å². The van der Waals surface area contributed by atoms with Crippen molar-refractivity contribution in [3.05, 3.63) is 29.6 Å². The van der Waals surface area contributed by atoms with Gasteiger partial charge in [-0.2, -0.15) is 0 Å². The zero-order valence-corrected chi connectivity index (χ0v) is 9.16. The number of carbonyl (C=O) groups is 1. The molecule has 1 aliphatic carbocycles. The highest BCUT2D eigenvalue weighted by Gasteiger charge is 2.24. The summed E-state index contributed by atoms with van der Waals surface area (Å²) in [5.41, 5.74) is 1.51. The summed E-state index contributed by atoms with van der Waals surface area (Å²) in [4.78, 5) is 16.0. The van der Waals surface area contributed by atoms with Gasteiger partial charge in [-0.3, -0.25) is 4.79 Å². The van der Waals surface area contributed by atoms with Crippen LogP contribution in [-0.4, -0.2) is 16.9 Å². The Bertz CT molecular complexity index is 370. The Kier molecular flexibility index (Phi) is 2.71. The SMILES string of the molecule is CC(C)c1cccc(C(=O)NC2CC2)n1. The van der Waals surface area contributed by atoms with E-state index in [0.29, 0.717) is 17.7 Å². The summed E-state index contributed by atoms with van der Waals surface area (Å²) >= 11 is 0. The zero-order valence-electron chi connectivity index (χ0n) is 9.16. The molecule has 80 valence electrons. The van der Waals surface area contributed by atoms with Crippen LogP contribution < -0.4 is 5.32 Å².